The summed E-state index contributed by atoms with van der Waals surface area (Å²) in [5, 5.41) is 9.30. The van der Waals surface area contributed by atoms with Crippen LogP contribution in [0.15, 0.2) is 54.1 Å². The van der Waals surface area contributed by atoms with Crippen LogP contribution in [-0.4, -0.2) is 12.9 Å². The van der Waals surface area contributed by atoms with Gasteiger partial charge in [0, 0.05) is 5.56 Å². The quantitative estimate of drug-likeness (QED) is 0.460. The Kier molecular flexibility index (Phi) is 5.32. The third-order valence-electron chi connectivity index (χ3n) is 3.63. The SMILES string of the molecule is COc1ccc(C(=O)/C(C#N)=C/c2ccc(C(C)C)cc2)cc1. The van der Waals surface area contributed by atoms with E-state index in [0.29, 0.717) is 17.2 Å². The van der Waals surface area contributed by atoms with E-state index in [4.69, 9.17) is 4.74 Å². The average molecular weight is 305 g/mol. The lowest BCUT2D eigenvalue weighted by atomic mass is 9.99. The fraction of sp³-hybridized carbons (Fsp3) is 0.200. The zero-order valence-electron chi connectivity index (χ0n) is 13.5. The molecule has 2 aromatic carbocycles. The summed E-state index contributed by atoms with van der Waals surface area (Å²) in [5.41, 5.74) is 2.65. The molecular weight excluding hydrogens is 286 g/mol. The van der Waals surface area contributed by atoms with Gasteiger partial charge < -0.3 is 4.74 Å². The second-order valence-electron chi connectivity index (χ2n) is 5.55. The van der Waals surface area contributed by atoms with Gasteiger partial charge in [-0.05, 0) is 47.4 Å². The lowest BCUT2D eigenvalue weighted by Gasteiger charge is -2.05. The zero-order chi connectivity index (χ0) is 16.8. The lowest BCUT2D eigenvalue weighted by Crippen LogP contribution is -2.02. The summed E-state index contributed by atoms with van der Waals surface area (Å²) in [5.74, 6) is 0.834. The minimum atomic E-state index is -0.289. The Bertz CT molecular complexity index is 748. The molecule has 116 valence electrons. The summed E-state index contributed by atoms with van der Waals surface area (Å²) in [4.78, 5) is 12.4. The molecule has 0 aliphatic carbocycles. The van der Waals surface area contributed by atoms with Crippen LogP contribution in [-0.2, 0) is 0 Å². The van der Waals surface area contributed by atoms with Crippen LogP contribution in [0.25, 0.3) is 6.08 Å². The standard InChI is InChI=1S/C20H19NO2/c1-14(2)16-6-4-15(5-7-16)12-18(13-21)20(22)17-8-10-19(23-3)11-9-17/h4-12,14H,1-3H3/b18-12+. The molecule has 2 rings (SSSR count). The number of carbonyl (C=O) groups is 1. The number of ether oxygens (including phenoxy) is 1. The molecule has 23 heavy (non-hydrogen) atoms. The fourth-order valence-electron chi connectivity index (χ4n) is 2.19. The van der Waals surface area contributed by atoms with E-state index in [9.17, 15) is 10.1 Å². The van der Waals surface area contributed by atoms with Crippen molar-refractivity contribution in [3.8, 4) is 11.8 Å². The third kappa shape index (κ3) is 4.08. The van der Waals surface area contributed by atoms with Gasteiger partial charge in [0.15, 0.2) is 0 Å². The Morgan fingerprint density at radius 1 is 1.09 bits per heavy atom. The molecule has 0 radical (unpaired) electrons. The Hall–Kier alpha value is -2.86. The Morgan fingerprint density at radius 2 is 1.70 bits per heavy atom. The molecule has 0 saturated carbocycles. The highest BCUT2D eigenvalue weighted by Crippen LogP contribution is 2.18. The number of hydrogen-bond donors (Lipinski definition) is 0. The first-order valence-electron chi connectivity index (χ1n) is 7.45. The molecule has 0 atom stereocenters. The van der Waals surface area contributed by atoms with Gasteiger partial charge in [0.05, 0.1) is 7.11 Å². The molecule has 0 heterocycles. The number of Topliss-reactive ketones (excluding diaryl/α,β-unsaturated/α-hetero) is 1. The first kappa shape index (κ1) is 16.5. The van der Waals surface area contributed by atoms with Crippen molar-refractivity contribution in [3.63, 3.8) is 0 Å². The van der Waals surface area contributed by atoms with Crippen molar-refractivity contribution in [2.75, 3.05) is 7.11 Å². The Balaban J connectivity index is 2.26. The number of rotatable bonds is 5. The van der Waals surface area contributed by atoms with Crippen molar-refractivity contribution in [1.29, 1.82) is 5.26 Å². The summed E-state index contributed by atoms with van der Waals surface area (Å²) in [6.45, 7) is 4.25. The summed E-state index contributed by atoms with van der Waals surface area (Å²) in [6.07, 6.45) is 1.62. The normalized spacial score (nSPS) is 11.2. The van der Waals surface area contributed by atoms with Gasteiger partial charge >= 0.3 is 0 Å². The van der Waals surface area contributed by atoms with Crippen LogP contribution in [0.5, 0.6) is 5.75 Å². The number of allylic oxidation sites excluding steroid dienone is 1. The predicted octanol–water partition coefficient (Wildman–Crippen LogP) is 4.61. The molecule has 0 bridgehead atoms. The minimum Gasteiger partial charge on any atom is -0.497 e. The fourth-order valence-corrected chi connectivity index (χ4v) is 2.19. The number of nitrogens with zero attached hydrogens (tertiary/aromatic N) is 1. The molecule has 0 N–H and O–H groups in total. The van der Waals surface area contributed by atoms with Gasteiger partial charge in [0.1, 0.15) is 17.4 Å². The van der Waals surface area contributed by atoms with Crippen LogP contribution in [0.1, 0.15) is 41.3 Å². The van der Waals surface area contributed by atoms with Crippen molar-refractivity contribution in [2.45, 2.75) is 19.8 Å². The molecule has 3 heteroatoms. The highest BCUT2D eigenvalue weighted by Gasteiger charge is 2.12. The van der Waals surface area contributed by atoms with E-state index in [2.05, 4.69) is 13.8 Å². The second kappa shape index (κ2) is 7.42. The minimum absolute atomic E-state index is 0.118. The maximum Gasteiger partial charge on any atom is 0.203 e. The molecule has 0 amide bonds. The van der Waals surface area contributed by atoms with Crippen LogP contribution < -0.4 is 4.74 Å². The summed E-state index contributed by atoms with van der Waals surface area (Å²) in [7, 11) is 1.57. The van der Waals surface area contributed by atoms with Crippen LogP contribution in [0, 0.1) is 11.3 Å². The molecule has 3 nitrogen and oxygen atoms in total. The number of carbonyl (C=O) groups excluding carboxylic acids is 1. The smallest absolute Gasteiger partial charge is 0.203 e. The first-order valence-corrected chi connectivity index (χ1v) is 7.45. The Morgan fingerprint density at radius 3 is 2.17 bits per heavy atom. The van der Waals surface area contributed by atoms with Crippen LogP contribution in [0.4, 0.5) is 0 Å². The molecule has 0 unspecified atom stereocenters. The summed E-state index contributed by atoms with van der Waals surface area (Å²) < 4.78 is 5.07. The maximum absolute atomic E-state index is 12.4. The van der Waals surface area contributed by atoms with Gasteiger partial charge in [-0.1, -0.05) is 38.1 Å². The average Bonchev–Trinajstić information content (AvgIpc) is 2.59. The number of methoxy groups -OCH3 is 1. The van der Waals surface area contributed by atoms with E-state index >= 15 is 0 Å². The highest BCUT2D eigenvalue weighted by molar-refractivity contribution is 6.14. The lowest BCUT2D eigenvalue weighted by molar-refractivity contribution is 0.104. The third-order valence-corrected chi connectivity index (χ3v) is 3.63. The predicted molar refractivity (Wildman–Crippen MR) is 91.4 cm³/mol. The number of nitriles is 1. The van der Waals surface area contributed by atoms with Crippen LogP contribution in [0.3, 0.4) is 0 Å². The van der Waals surface area contributed by atoms with E-state index in [0.717, 1.165) is 5.56 Å². The van der Waals surface area contributed by atoms with Gasteiger partial charge in [-0.2, -0.15) is 5.26 Å². The van der Waals surface area contributed by atoms with E-state index in [1.54, 1.807) is 37.5 Å². The molecular formula is C20H19NO2. The van der Waals surface area contributed by atoms with Crippen LogP contribution in [0.2, 0.25) is 0 Å². The second-order valence-corrected chi connectivity index (χ2v) is 5.55. The van der Waals surface area contributed by atoms with Gasteiger partial charge in [-0.3, -0.25) is 4.79 Å². The van der Waals surface area contributed by atoms with Crippen LogP contribution >= 0.6 is 0 Å². The maximum atomic E-state index is 12.4. The molecule has 0 fully saturated rings. The van der Waals surface area contributed by atoms with Gasteiger partial charge in [-0.15, -0.1) is 0 Å². The zero-order valence-corrected chi connectivity index (χ0v) is 13.5. The van der Waals surface area contributed by atoms with E-state index in [1.807, 2.05) is 30.3 Å². The largest absolute Gasteiger partial charge is 0.497 e. The van der Waals surface area contributed by atoms with E-state index in [-0.39, 0.29) is 11.4 Å². The summed E-state index contributed by atoms with van der Waals surface area (Å²) in [6, 6.07) is 16.6. The molecule has 0 aromatic heterocycles. The van der Waals surface area contributed by atoms with Crippen molar-refractivity contribution < 1.29 is 9.53 Å². The van der Waals surface area contributed by atoms with Crippen molar-refractivity contribution in [1.82, 2.24) is 0 Å². The van der Waals surface area contributed by atoms with E-state index in [1.165, 1.54) is 5.56 Å². The number of benzene rings is 2. The van der Waals surface area contributed by atoms with Gasteiger partial charge in [0.25, 0.3) is 0 Å². The van der Waals surface area contributed by atoms with Crippen molar-refractivity contribution in [2.24, 2.45) is 0 Å². The van der Waals surface area contributed by atoms with E-state index < -0.39 is 0 Å². The molecule has 0 aliphatic rings. The molecule has 0 spiro atoms. The summed E-state index contributed by atoms with van der Waals surface area (Å²) >= 11 is 0. The molecule has 0 aliphatic heterocycles. The topological polar surface area (TPSA) is 50.1 Å². The van der Waals surface area contributed by atoms with Crippen molar-refractivity contribution >= 4 is 11.9 Å². The number of ketones is 1. The highest BCUT2D eigenvalue weighted by atomic mass is 16.5. The van der Waals surface area contributed by atoms with Gasteiger partial charge in [0.2, 0.25) is 5.78 Å². The molecule has 2 aromatic rings. The first-order chi connectivity index (χ1) is 11.0. The van der Waals surface area contributed by atoms with Crippen molar-refractivity contribution in [3.05, 3.63) is 70.8 Å². The molecule has 0 saturated heterocycles. The Labute approximate surface area is 136 Å². The van der Waals surface area contributed by atoms with Gasteiger partial charge in [-0.25, -0.2) is 0 Å². The monoisotopic (exact) mass is 305 g/mol. The number of hydrogen-bond acceptors (Lipinski definition) is 3.